The molecule has 4 nitrogen and oxygen atoms in total. The largest absolute Gasteiger partial charge is 0.497 e. The van der Waals surface area contributed by atoms with Crippen LogP contribution in [0.2, 0.25) is 0 Å². The second kappa shape index (κ2) is 8.29. The van der Waals surface area contributed by atoms with Gasteiger partial charge in [0.15, 0.2) is 6.54 Å². The second-order valence-corrected chi connectivity index (χ2v) is 5.53. The molecule has 2 N–H and O–H groups in total. The van der Waals surface area contributed by atoms with Crippen molar-refractivity contribution < 1.29 is 18.8 Å². The van der Waals surface area contributed by atoms with Crippen molar-refractivity contribution in [3.63, 3.8) is 0 Å². The minimum absolute atomic E-state index is 0.0605. The van der Waals surface area contributed by atoms with Gasteiger partial charge < -0.3 is 15.0 Å². The van der Waals surface area contributed by atoms with Gasteiger partial charge in [0.1, 0.15) is 18.1 Å². The predicted molar refractivity (Wildman–Crippen MR) is 86.7 cm³/mol. The quantitative estimate of drug-likeness (QED) is 0.805. The van der Waals surface area contributed by atoms with Gasteiger partial charge in [0.05, 0.1) is 14.2 Å². The highest BCUT2D eigenvalue weighted by atomic mass is 19.1. The Bertz CT molecular complexity index is 644. The van der Waals surface area contributed by atoms with E-state index < -0.39 is 0 Å². The Labute approximate surface area is 135 Å². The Morgan fingerprint density at radius 1 is 1.17 bits per heavy atom. The van der Waals surface area contributed by atoms with Crippen molar-refractivity contribution in [3.05, 3.63) is 65.5 Å². The maximum atomic E-state index is 13.6. The van der Waals surface area contributed by atoms with Gasteiger partial charge in [-0.15, -0.1) is 0 Å². The summed E-state index contributed by atoms with van der Waals surface area (Å²) in [5.41, 5.74) is 1.62. The highest BCUT2D eigenvalue weighted by Gasteiger charge is 2.12. The minimum Gasteiger partial charge on any atom is -0.497 e. The van der Waals surface area contributed by atoms with Crippen LogP contribution in [0.25, 0.3) is 0 Å². The van der Waals surface area contributed by atoms with Crippen molar-refractivity contribution in [3.8, 4) is 5.75 Å². The summed E-state index contributed by atoms with van der Waals surface area (Å²) in [6.07, 6.45) is 0. The van der Waals surface area contributed by atoms with Gasteiger partial charge in [-0.05, 0) is 23.8 Å². The first-order valence-electron chi connectivity index (χ1n) is 7.53. The van der Waals surface area contributed by atoms with E-state index in [1.54, 1.807) is 25.3 Å². The van der Waals surface area contributed by atoms with Crippen LogP contribution in [0, 0.1) is 5.82 Å². The summed E-state index contributed by atoms with van der Waals surface area (Å²) < 4.78 is 18.7. The normalized spacial score (nSPS) is 11.8. The molecule has 0 bridgehead atoms. The van der Waals surface area contributed by atoms with Crippen LogP contribution < -0.4 is 15.0 Å². The fraction of sp³-hybridized carbons (Fsp3) is 0.278. The zero-order valence-corrected chi connectivity index (χ0v) is 13.4. The number of carbonyl (C=O) groups excluding carboxylic acids is 1. The van der Waals surface area contributed by atoms with Gasteiger partial charge in [0.25, 0.3) is 5.91 Å². The number of hydrogen-bond donors (Lipinski definition) is 2. The first kappa shape index (κ1) is 17.0. The zero-order valence-electron chi connectivity index (χ0n) is 13.4. The molecule has 0 fully saturated rings. The molecular weight excluding hydrogens is 295 g/mol. The van der Waals surface area contributed by atoms with E-state index in [1.807, 2.05) is 31.3 Å². The third kappa shape index (κ3) is 5.38. The van der Waals surface area contributed by atoms with Crippen molar-refractivity contribution >= 4 is 5.91 Å². The van der Waals surface area contributed by atoms with Crippen molar-refractivity contribution in [2.45, 2.75) is 13.1 Å². The lowest BCUT2D eigenvalue weighted by Gasteiger charge is -2.14. The molecule has 0 aliphatic carbocycles. The standard InChI is InChI=1S/C18H21FN2O2/c1-21(12-15-5-3-4-6-17(15)19)13-18(22)20-11-14-7-9-16(23-2)10-8-14/h3-10H,11-13H2,1-2H3,(H,20,22)/p+1. The number of benzene rings is 2. The van der Waals surface area contributed by atoms with E-state index >= 15 is 0 Å². The molecule has 1 unspecified atom stereocenters. The van der Waals surface area contributed by atoms with E-state index in [4.69, 9.17) is 4.74 Å². The van der Waals surface area contributed by atoms with Gasteiger partial charge in [0.2, 0.25) is 0 Å². The van der Waals surface area contributed by atoms with Crippen LogP contribution >= 0.6 is 0 Å². The number of ether oxygens (including phenoxy) is 1. The highest BCUT2D eigenvalue weighted by Crippen LogP contribution is 2.10. The van der Waals surface area contributed by atoms with Gasteiger partial charge in [-0.2, -0.15) is 0 Å². The Morgan fingerprint density at radius 2 is 1.87 bits per heavy atom. The molecular formula is C18H22FN2O2+. The van der Waals surface area contributed by atoms with E-state index in [9.17, 15) is 9.18 Å². The van der Waals surface area contributed by atoms with Crippen molar-refractivity contribution in [1.29, 1.82) is 0 Å². The van der Waals surface area contributed by atoms with Gasteiger partial charge in [-0.1, -0.05) is 30.3 Å². The molecule has 0 saturated heterocycles. The summed E-state index contributed by atoms with van der Waals surface area (Å²) in [5, 5.41) is 2.87. The second-order valence-electron chi connectivity index (χ2n) is 5.53. The van der Waals surface area contributed by atoms with Crippen molar-refractivity contribution in [2.75, 3.05) is 20.7 Å². The maximum absolute atomic E-state index is 13.6. The summed E-state index contributed by atoms with van der Waals surface area (Å²) >= 11 is 0. The highest BCUT2D eigenvalue weighted by molar-refractivity contribution is 5.76. The average Bonchev–Trinajstić information content (AvgIpc) is 2.55. The van der Waals surface area contributed by atoms with Crippen LogP contribution in [-0.2, 0) is 17.9 Å². The fourth-order valence-electron chi connectivity index (χ4n) is 2.31. The summed E-state index contributed by atoms with van der Waals surface area (Å²) in [5.74, 6) is 0.495. The molecule has 0 aliphatic heterocycles. The Hall–Kier alpha value is -2.40. The summed E-state index contributed by atoms with van der Waals surface area (Å²) in [7, 11) is 3.49. The monoisotopic (exact) mass is 317 g/mol. The van der Waals surface area contributed by atoms with Crippen molar-refractivity contribution in [1.82, 2.24) is 5.32 Å². The number of likely N-dealkylation sites (N-methyl/N-ethyl adjacent to an activating group) is 1. The molecule has 2 aromatic carbocycles. The molecule has 1 amide bonds. The van der Waals surface area contributed by atoms with Crippen LogP contribution in [-0.4, -0.2) is 26.6 Å². The lowest BCUT2D eigenvalue weighted by Crippen LogP contribution is -3.09. The van der Waals surface area contributed by atoms with Gasteiger partial charge in [0, 0.05) is 12.1 Å². The van der Waals surface area contributed by atoms with Crippen LogP contribution in [0.15, 0.2) is 48.5 Å². The summed E-state index contributed by atoms with van der Waals surface area (Å²) in [6, 6.07) is 14.2. The Kier molecular flexibility index (Phi) is 6.11. The lowest BCUT2D eigenvalue weighted by atomic mass is 10.2. The molecule has 0 aromatic heterocycles. The van der Waals surface area contributed by atoms with Gasteiger partial charge in [-0.25, -0.2) is 4.39 Å². The third-order valence-electron chi connectivity index (χ3n) is 3.56. The number of methoxy groups -OCH3 is 1. The van der Waals surface area contributed by atoms with E-state index in [1.165, 1.54) is 6.07 Å². The van der Waals surface area contributed by atoms with Gasteiger partial charge in [-0.3, -0.25) is 4.79 Å². The van der Waals surface area contributed by atoms with E-state index in [-0.39, 0.29) is 11.7 Å². The number of hydrogen-bond acceptors (Lipinski definition) is 2. The summed E-state index contributed by atoms with van der Waals surface area (Å²) in [6.45, 7) is 1.24. The van der Waals surface area contributed by atoms with Crippen LogP contribution in [0.5, 0.6) is 5.75 Å². The van der Waals surface area contributed by atoms with Crippen LogP contribution in [0.3, 0.4) is 0 Å². The molecule has 0 aliphatic rings. The minimum atomic E-state index is -0.231. The fourth-order valence-corrected chi connectivity index (χ4v) is 2.31. The first-order chi connectivity index (χ1) is 11.1. The Morgan fingerprint density at radius 3 is 2.52 bits per heavy atom. The SMILES string of the molecule is COc1ccc(CNC(=O)C[NH+](C)Cc2ccccc2F)cc1. The topological polar surface area (TPSA) is 42.8 Å². The number of rotatable bonds is 7. The molecule has 1 atom stereocenters. The van der Waals surface area contributed by atoms with E-state index in [0.717, 1.165) is 16.2 Å². The van der Waals surface area contributed by atoms with Crippen molar-refractivity contribution in [2.24, 2.45) is 0 Å². The van der Waals surface area contributed by atoms with E-state index in [2.05, 4.69) is 5.32 Å². The van der Waals surface area contributed by atoms with Gasteiger partial charge >= 0.3 is 0 Å². The molecule has 23 heavy (non-hydrogen) atoms. The number of quaternary nitrogens is 1. The number of halogens is 1. The predicted octanol–water partition coefficient (Wildman–Crippen LogP) is 1.17. The Balaban J connectivity index is 1.78. The molecule has 0 saturated carbocycles. The molecule has 0 heterocycles. The number of nitrogens with one attached hydrogen (secondary N) is 2. The number of amides is 1. The summed E-state index contributed by atoms with van der Waals surface area (Å²) in [4.78, 5) is 12.9. The molecule has 2 rings (SSSR count). The third-order valence-corrected chi connectivity index (χ3v) is 3.56. The molecule has 2 aromatic rings. The average molecular weight is 317 g/mol. The molecule has 5 heteroatoms. The molecule has 0 spiro atoms. The van der Waals surface area contributed by atoms with Crippen LogP contribution in [0.1, 0.15) is 11.1 Å². The van der Waals surface area contributed by atoms with Crippen LogP contribution in [0.4, 0.5) is 4.39 Å². The lowest BCUT2D eigenvalue weighted by molar-refractivity contribution is -0.885. The molecule has 0 radical (unpaired) electrons. The first-order valence-corrected chi connectivity index (χ1v) is 7.53. The zero-order chi connectivity index (χ0) is 16.7. The number of carbonyl (C=O) groups is 1. The molecule has 122 valence electrons. The maximum Gasteiger partial charge on any atom is 0.275 e. The van der Waals surface area contributed by atoms with E-state index in [0.29, 0.717) is 25.2 Å². The smallest absolute Gasteiger partial charge is 0.275 e.